The Bertz CT molecular complexity index is 740. The molecule has 2 N–H and O–H groups in total. The molecule has 0 fully saturated rings. The Morgan fingerprint density at radius 1 is 1.14 bits per heavy atom. The number of benzene rings is 1. The van der Waals surface area contributed by atoms with Gasteiger partial charge in [-0.2, -0.15) is 0 Å². The van der Waals surface area contributed by atoms with Crippen LogP contribution in [-0.2, 0) is 22.0 Å². The van der Waals surface area contributed by atoms with Crippen LogP contribution in [0.25, 0.3) is 11.4 Å². The normalized spacial score (nSPS) is 12.6. The summed E-state index contributed by atoms with van der Waals surface area (Å²) in [6.45, 7) is 7.73. The van der Waals surface area contributed by atoms with E-state index in [4.69, 9.17) is 5.14 Å². The summed E-state index contributed by atoms with van der Waals surface area (Å²) in [6, 6.07) is 7.82. The van der Waals surface area contributed by atoms with E-state index in [-0.39, 0.29) is 5.16 Å². The number of sulfonamides is 1. The van der Waals surface area contributed by atoms with E-state index >= 15 is 0 Å². The van der Waals surface area contributed by atoms with E-state index in [0.29, 0.717) is 5.82 Å². The molecule has 0 radical (unpaired) electrons. The van der Waals surface area contributed by atoms with Crippen LogP contribution in [0.2, 0.25) is 0 Å². The molecule has 0 aliphatic heterocycles. The topological polar surface area (TPSA) is 90.9 Å². The number of aromatic nitrogens is 3. The minimum Gasteiger partial charge on any atom is -0.291 e. The molecule has 1 aromatic carbocycles. The van der Waals surface area contributed by atoms with E-state index in [1.165, 1.54) is 5.56 Å². The zero-order valence-corrected chi connectivity index (χ0v) is 13.5. The predicted molar refractivity (Wildman–Crippen MR) is 81.2 cm³/mol. The van der Waals surface area contributed by atoms with Gasteiger partial charge in [-0.15, -0.1) is 10.2 Å². The first-order valence-electron chi connectivity index (χ1n) is 6.72. The van der Waals surface area contributed by atoms with Gasteiger partial charge in [0.2, 0.25) is 0 Å². The summed E-state index contributed by atoms with van der Waals surface area (Å²) in [6.07, 6.45) is 0.939. The Labute approximate surface area is 125 Å². The molecule has 0 bridgehead atoms. The highest BCUT2D eigenvalue weighted by molar-refractivity contribution is 7.89. The molecule has 2 rings (SSSR count). The van der Waals surface area contributed by atoms with Gasteiger partial charge in [-0.05, 0) is 32.8 Å². The molecular weight excluding hydrogens is 288 g/mol. The molecule has 0 amide bonds. The Balaban J connectivity index is 2.67. The number of aryl methyl sites for hydroxylation is 1. The third kappa shape index (κ3) is 3.14. The quantitative estimate of drug-likeness (QED) is 0.937. The second-order valence-corrected chi connectivity index (χ2v) is 7.36. The fraction of sp³-hybridized carbons (Fsp3) is 0.429. The van der Waals surface area contributed by atoms with E-state index in [0.717, 1.165) is 12.0 Å². The van der Waals surface area contributed by atoms with Crippen molar-refractivity contribution in [2.45, 2.75) is 44.8 Å². The molecule has 21 heavy (non-hydrogen) atoms. The summed E-state index contributed by atoms with van der Waals surface area (Å²) in [5.74, 6) is 0.495. The van der Waals surface area contributed by atoms with Crippen molar-refractivity contribution in [3.8, 4) is 11.4 Å². The van der Waals surface area contributed by atoms with Gasteiger partial charge in [0.05, 0.1) is 0 Å². The van der Waals surface area contributed by atoms with E-state index in [1.54, 1.807) is 4.57 Å². The van der Waals surface area contributed by atoms with Crippen molar-refractivity contribution in [1.82, 2.24) is 14.8 Å². The van der Waals surface area contributed by atoms with Crippen LogP contribution < -0.4 is 5.14 Å². The largest absolute Gasteiger partial charge is 0.291 e. The van der Waals surface area contributed by atoms with Gasteiger partial charge in [-0.25, -0.2) is 13.6 Å². The van der Waals surface area contributed by atoms with Gasteiger partial charge in [0, 0.05) is 11.1 Å². The van der Waals surface area contributed by atoms with Crippen LogP contribution >= 0.6 is 0 Å². The first-order valence-corrected chi connectivity index (χ1v) is 8.27. The number of hydrogen-bond acceptors (Lipinski definition) is 4. The van der Waals surface area contributed by atoms with Crippen molar-refractivity contribution in [2.75, 3.05) is 0 Å². The van der Waals surface area contributed by atoms with Crippen LogP contribution in [0.15, 0.2) is 29.4 Å². The molecule has 1 aromatic heterocycles. The van der Waals surface area contributed by atoms with Gasteiger partial charge in [-0.3, -0.25) is 4.57 Å². The lowest BCUT2D eigenvalue weighted by molar-refractivity contribution is 0.366. The summed E-state index contributed by atoms with van der Waals surface area (Å²) in [4.78, 5) is 0. The minimum absolute atomic E-state index is 0.218. The maximum atomic E-state index is 11.7. The number of rotatable bonds is 3. The molecule has 0 saturated carbocycles. The standard InChI is InChI=1S/C14H20N4O2S/c1-5-10-6-8-11(9-7-10)12-16-17-13(21(15,19)20)18(12)14(2,3)4/h6-9H,5H2,1-4H3,(H2,15,19,20). The molecular formula is C14H20N4O2S. The van der Waals surface area contributed by atoms with Crippen molar-refractivity contribution in [3.05, 3.63) is 29.8 Å². The van der Waals surface area contributed by atoms with Crippen molar-refractivity contribution in [2.24, 2.45) is 5.14 Å². The lowest BCUT2D eigenvalue weighted by Gasteiger charge is -2.24. The molecule has 2 aromatic rings. The lowest BCUT2D eigenvalue weighted by atomic mass is 10.1. The Morgan fingerprint density at radius 3 is 2.14 bits per heavy atom. The van der Waals surface area contributed by atoms with Crippen LogP contribution in [0.3, 0.4) is 0 Å². The van der Waals surface area contributed by atoms with E-state index in [1.807, 2.05) is 45.0 Å². The van der Waals surface area contributed by atoms with Crippen molar-refractivity contribution in [3.63, 3.8) is 0 Å². The fourth-order valence-electron chi connectivity index (χ4n) is 2.14. The maximum absolute atomic E-state index is 11.7. The molecule has 114 valence electrons. The Kier molecular flexibility index (Phi) is 3.90. The van der Waals surface area contributed by atoms with Gasteiger partial charge in [-0.1, -0.05) is 31.2 Å². The van der Waals surface area contributed by atoms with E-state index in [2.05, 4.69) is 17.1 Å². The SMILES string of the molecule is CCc1ccc(-c2nnc(S(N)(=O)=O)n2C(C)(C)C)cc1. The molecule has 0 unspecified atom stereocenters. The van der Waals surface area contributed by atoms with Crippen LogP contribution in [0.1, 0.15) is 33.3 Å². The van der Waals surface area contributed by atoms with Gasteiger partial charge in [0.15, 0.2) is 5.82 Å². The summed E-state index contributed by atoms with van der Waals surface area (Å²) < 4.78 is 25.0. The number of nitrogens with zero attached hydrogens (tertiary/aromatic N) is 3. The van der Waals surface area contributed by atoms with Gasteiger partial charge >= 0.3 is 0 Å². The first-order chi connectivity index (χ1) is 9.64. The van der Waals surface area contributed by atoms with Crippen LogP contribution in [0.4, 0.5) is 0 Å². The number of hydrogen-bond donors (Lipinski definition) is 1. The molecule has 0 saturated heterocycles. The monoisotopic (exact) mass is 308 g/mol. The highest BCUT2D eigenvalue weighted by Crippen LogP contribution is 2.27. The predicted octanol–water partition coefficient (Wildman–Crippen LogP) is 1.91. The van der Waals surface area contributed by atoms with Crippen LogP contribution in [-0.4, -0.2) is 23.2 Å². The van der Waals surface area contributed by atoms with Gasteiger partial charge in [0.1, 0.15) is 0 Å². The van der Waals surface area contributed by atoms with Crippen molar-refractivity contribution in [1.29, 1.82) is 0 Å². The molecule has 0 spiro atoms. The third-order valence-electron chi connectivity index (χ3n) is 3.18. The average Bonchev–Trinajstić information content (AvgIpc) is 2.83. The first kappa shape index (κ1) is 15.7. The molecule has 1 heterocycles. The molecule has 6 nitrogen and oxygen atoms in total. The lowest BCUT2D eigenvalue weighted by Crippen LogP contribution is -2.29. The smallest absolute Gasteiger partial charge is 0.273 e. The molecule has 7 heteroatoms. The number of nitrogens with two attached hydrogens (primary N) is 1. The molecule has 0 aliphatic carbocycles. The highest BCUT2D eigenvalue weighted by atomic mass is 32.2. The van der Waals surface area contributed by atoms with Crippen LogP contribution in [0, 0.1) is 0 Å². The van der Waals surface area contributed by atoms with E-state index in [9.17, 15) is 8.42 Å². The highest BCUT2D eigenvalue weighted by Gasteiger charge is 2.29. The average molecular weight is 308 g/mol. The fourth-order valence-corrected chi connectivity index (χ4v) is 2.90. The summed E-state index contributed by atoms with van der Waals surface area (Å²) in [5.41, 5.74) is 1.50. The molecule has 0 aliphatic rings. The Hall–Kier alpha value is -1.73. The van der Waals surface area contributed by atoms with Gasteiger partial charge in [0.25, 0.3) is 15.2 Å². The maximum Gasteiger partial charge on any atom is 0.273 e. The summed E-state index contributed by atoms with van der Waals surface area (Å²) >= 11 is 0. The molecule has 0 atom stereocenters. The van der Waals surface area contributed by atoms with Crippen LogP contribution in [0.5, 0.6) is 0 Å². The zero-order valence-electron chi connectivity index (χ0n) is 12.7. The third-order valence-corrected chi connectivity index (χ3v) is 3.95. The summed E-state index contributed by atoms with van der Waals surface area (Å²) in [5, 5.41) is 12.8. The second-order valence-electron chi connectivity index (χ2n) is 5.91. The summed E-state index contributed by atoms with van der Waals surface area (Å²) in [7, 11) is -3.93. The minimum atomic E-state index is -3.93. The van der Waals surface area contributed by atoms with Gasteiger partial charge < -0.3 is 0 Å². The number of primary sulfonamides is 1. The van der Waals surface area contributed by atoms with Crippen molar-refractivity contribution < 1.29 is 8.42 Å². The van der Waals surface area contributed by atoms with Crippen molar-refractivity contribution >= 4 is 10.0 Å². The second kappa shape index (κ2) is 5.23. The Morgan fingerprint density at radius 2 is 1.71 bits per heavy atom. The zero-order chi connectivity index (χ0) is 15.8. The van der Waals surface area contributed by atoms with E-state index < -0.39 is 15.6 Å².